The Morgan fingerprint density at radius 1 is 1.00 bits per heavy atom. The Morgan fingerprint density at radius 3 is 2.25 bits per heavy atom. The summed E-state index contributed by atoms with van der Waals surface area (Å²) in [5.74, 6) is -3.87. The Morgan fingerprint density at radius 2 is 1.69 bits per heavy atom. The lowest BCUT2D eigenvalue weighted by atomic mass is 9.74. The highest BCUT2D eigenvalue weighted by Crippen LogP contribution is 2.50. The minimum atomic E-state index is -1.09. The van der Waals surface area contributed by atoms with Gasteiger partial charge >= 0.3 is 11.9 Å². The van der Waals surface area contributed by atoms with Gasteiger partial charge in [0.05, 0.1) is 12.5 Å². The fourth-order valence-electron chi connectivity index (χ4n) is 4.84. The van der Waals surface area contributed by atoms with Crippen LogP contribution in [0.1, 0.15) is 48.8 Å². The Hall–Kier alpha value is -2.57. The second-order valence-corrected chi connectivity index (χ2v) is 9.43. The van der Waals surface area contributed by atoms with E-state index in [0.29, 0.717) is 10.0 Å². The predicted octanol–water partition coefficient (Wildman–Crippen LogP) is 5.00. The third-order valence-corrected chi connectivity index (χ3v) is 6.84. The molecule has 4 rings (SSSR count). The van der Waals surface area contributed by atoms with Gasteiger partial charge in [0, 0.05) is 21.9 Å². The number of carboxylic acids is 2. The van der Waals surface area contributed by atoms with E-state index in [-0.39, 0.29) is 24.7 Å². The number of aliphatic carboxylic acids is 2. The zero-order valence-corrected chi connectivity index (χ0v) is 18.7. The third-order valence-electron chi connectivity index (χ3n) is 6.35. The van der Waals surface area contributed by atoms with E-state index in [4.69, 9.17) is 23.2 Å². The summed E-state index contributed by atoms with van der Waals surface area (Å²) in [5.41, 5.74) is 1.60. The van der Waals surface area contributed by atoms with Crippen LogP contribution < -0.4 is 0 Å². The number of carbonyl (C=O) groups is 3. The molecule has 4 atom stereocenters. The fourth-order valence-corrected chi connectivity index (χ4v) is 5.16. The van der Waals surface area contributed by atoms with Crippen molar-refractivity contribution >= 4 is 41.0 Å². The molecule has 32 heavy (non-hydrogen) atoms. The first-order chi connectivity index (χ1) is 15.3. The molecule has 2 fully saturated rings. The number of piperidine rings is 1. The van der Waals surface area contributed by atoms with E-state index in [2.05, 4.69) is 0 Å². The van der Waals surface area contributed by atoms with E-state index in [9.17, 15) is 24.6 Å². The number of rotatable bonds is 7. The highest BCUT2D eigenvalue weighted by molar-refractivity contribution is 6.30. The molecule has 1 aliphatic heterocycles. The quantitative estimate of drug-likeness (QED) is 0.586. The molecule has 0 aromatic heterocycles. The van der Waals surface area contributed by atoms with Crippen molar-refractivity contribution in [1.82, 2.24) is 4.90 Å². The zero-order valence-electron chi connectivity index (χ0n) is 17.2. The molecule has 2 aromatic rings. The predicted molar refractivity (Wildman–Crippen MR) is 120 cm³/mol. The largest absolute Gasteiger partial charge is 0.481 e. The van der Waals surface area contributed by atoms with E-state index in [1.165, 1.54) is 4.90 Å². The van der Waals surface area contributed by atoms with Crippen molar-refractivity contribution in [2.75, 3.05) is 0 Å². The normalized spacial score (nSPS) is 24.2. The molecule has 1 saturated heterocycles. The second-order valence-electron chi connectivity index (χ2n) is 8.55. The van der Waals surface area contributed by atoms with Crippen LogP contribution in [0.3, 0.4) is 0 Å². The van der Waals surface area contributed by atoms with Gasteiger partial charge in [0.25, 0.3) is 0 Å². The van der Waals surface area contributed by atoms with Crippen molar-refractivity contribution in [1.29, 1.82) is 0 Å². The highest BCUT2D eigenvalue weighted by atomic mass is 35.5. The number of benzene rings is 2. The molecule has 168 valence electrons. The van der Waals surface area contributed by atoms with Gasteiger partial charge in [-0.2, -0.15) is 0 Å². The standard InChI is InChI=1S/C24H23Cl2NO5/c25-17-8-6-13(7-9-17)21-19(15-2-1-3-18(26)10-15)11-16(12-20(28)29)23(30)27(21)22(24(31)32)14-4-5-14/h1-3,6-10,14,16,19,21-22H,4-5,11-12H2,(H,28,29)(H,31,32)/t16-,19?,21-,22+/m1/s1. The summed E-state index contributed by atoms with van der Waals surface area (Å²) >= 11 is 12.3. The van der Waals surface area contributed by atoms with Crippen LogP contribution in [0, 0.1) is 11.8 Å². The van der Waals surface area contributed by atoms with Gasteiger partial charge in [0.15, 0.2) is 0 Å². The molecule has 8 heteroatoms. The lowest BCUT2D eigenvalue weighted by molar-refractivity contribution is -0.161. The number of amides is 1. The summed E-state index contributed by atoms with van der Waals surface area (Å²) in [6.45, 7) is 0. The molecular weight excluding hydrogens is 453 g/mol. The maximum Gasteiger partial charge on any atom is 0.326 e. The van der Waals surface area contributed by atoms with Crippen molar-refractivity contribution in [2.24, 2.45) is 11.8 Å². The summed E-state index contributed by atoms with van der Waals surface area (Å²) in [6.07, 6.45) is 1.38. The maximum absolute atomic E-state index is 13.6. The van der Waals surface area contributed by atoms with Crippen LogP contribution in [0.5, 0.6) is 0 Å². The number of nitrogens with zero attached hydrogens (tertiary/aromatic N) is 1. The molecule has 2 N–H and O–H groups in total. The number of hydrogen-bond donors (Lipinski definition) is 2. The number of carbonyl (C=O) groups excluding carboxylic acids is 1. The first-order valence-corrected chi connectivity index (χ1v) is 11.3. The number of carboxylic acid groups (broad SMARTS) is 2. The third kappa shape index (κ3) is 4.62. The van der Waals surface area contributed by atoms with Gasteiger partial charge in [-0.3, -0.25) is 9.59 Å². The van der Waals surface area contributed by atoms with Crippen LogP contribution in [0.2, 0.25) is 10.0 Å². The second kappa shape index (κ2) is 9.12. The molecule has 0 spiro atoms. The Labute approximate surface area is 195 Å². The van der Waals surface area contributed by atoms with Crippen LogP contribution in [0.4, 0.5) is 0 Å². The minimum absolute atomic E-state index is 0.144. The van der Waals surface area contributed by atoms with Crippen molar-refractivity contribution in [3.8, 4) is 0 Å². The van der Waals surface area contributed by atoms with Gasteiger partial charge in [-0.05, 0) is 60.6 Å². The topological polar surface area (TPSA) is 94.9 Å². The summed E-state index contributed by atoms with van der Waals surface area (Å²) in [6, 6.07) is 12.7. The summed E-state index contributed by atoms with van der Waals surface area (Å²) in [7, 11) is 0. The molecule has 2 aliphatic rings. The van der Waals surface area contributed by atoms with Crippen LogP contribution in [-0.2, 0) is 14.4 Å². The van der Waals surface area contributed by atoms with Gasteiger partial charge in [-0.1, -0.05) is 47.5 Å². The molecule has 6 nitrogen and oxygen atoms in total. The summed E-state index contributed by atoms with van der Waals surface area (Å²) < 4.78 is 0. The number of hydrogen-bond acceptors (Lipinski definition) is 3. The zero-order chi connectivity index (χ0) is 23.0. The van der Waals surface area contributed by atoms with Crippen molar-refractivity contribution in [3.05, 3.63) is 69.7 Å². The smallest absolute Gasteiger partial charge is 0.326 e. The SMILES string of the molecule is O=C(O)C[C@H]1CC(c2cccc(Cl)c2)[C@@H](c2ccc(Cl)cc2)N([C@H](C(=O)O)C2CC2)C1=O. The van der Waals surface area contributed by atoms with Crippen LogP contribution in [0.25, 0.3) is 0 Å². The molecule has 1 aliphatic carbocycles. The monoisotopic (exact) mass is 475 g/mol. The number of halogens is 2. The Kier molecular flexibility index (Phi) is 6.45. The average molecular weight is 476 g/mol. The molecule has 1 unspecified atom stereocenters. The maximum atomic E-state index is 13.6. The molecule has 1 saturated carbocycles. The Bertz CT molecular complexity index is 1040. The molecule has 2 aromatic carbocycles. The van der Waals surface area contributed by atoms with E-state index in [1.54, 1.807) is 42.5 Å². The van der Waals surface area contributed by atoms with Crippen molar-refractivity contribution < 1.29 is 24.6 Å². The van der Waals surface area contributed by atoms with Gasteiger partial charge in [-0.25, -0.2) is 4.79 Å². The van der Waals surface area contributed by atoms with Gasteiger partial charge in [-0.15, -0.1) is 0 Å². The number of likely N-dealkylation sites (tertiary alicyclic amines) is 1. The molecule has 0 bridgehead atoms. The van der Waals surface area contributed by atoms with E-state index >= 15 is 0 Å². The lowest BCUT2D eigenvalue weighted by Crippen LogP contribution is -2.55. The molecule has 1 heterocycles. The Balaban J connectivity index is 1.88. The molecule has 1 amide bonds. The van der Waals surface area contributed by atoms with Crippen molar-refractivity contribution in [3.63, 3.8) is 0 Å². The first-order valence-electron chi connectivity index (χ1n) is 10.5. The van der Waals surface area contributed by atoms with E-state index in [0.717, 1.165) is 24.0 Å². The highest BCUT2D eigenvalue weighted by Gasteiger charge is 2.52. The van der Waals surface area contributed by atoms with E-state index in [1.807, 2.05) is 6.07 Å². The van der Waals surface area contributed by atoms with Crippen LogP contribution in [-0.4, -0.2) is 39.0 Å². The van der Waals surface area contributed by atoms with Gasteiger partial charge in [0.1, 0.15) is 6.04 Å². The minimum Gasteiger partial charge on any atom is -0.481 e. The summed E-state index contributed by atoms with van der Waals surface area (Å²) in [4.78, 5) is 38.9. The first kappa shape index (κ1) is 22.6. The van der Waals surface area contributed by atoms with Gasteiger partial charge in [0.2, 0.25) is 5.91 Å². The lowest BCUT2D eigenvalue weighted by Gasteiger charge is -2.47. The van der Waals surface area contributed by atoms with Crippen LogP contribution in [0.15, 0.2) is 48.5 Å². The van der Waals surface area contributed by atoms with E-state index < -0.39 is 35.8 Å². The van der Waals surface area contributed by atoms with Crippen molar-refractivity contribution in [2.45, 2.75) is 43.7 Å². The van der Waals surface area contributed by atoms with Gasteiger partial charge < -0.3 is 15.1 Å². The summed E-state index contributed by atoms with van der Waals surface area (Å²) in [5, 5.41) is 20.6. The fraction of sp³-hybridized carbons (Fsp3) is 0.375. The average Bonchev–Trinajstić information content (AvgIpc) is 3.56. The van der Waals surface area contributed by atoms with Crippen LogP contribution >= 0.6 is 23.2 Å². The molecular formula is C24H23Cl2NO5. The molecule has 0 radical (unpaired) electrons.